The van der Waals surface area contributed by atoms with Crippen molar-refractivity contribution in [3.05, 3.63) is 29.1 Å². The van der Waals surface area contributed by atoms with Crippen LogP contribution in [-0.2, 0) is 33.3 Å². The summed E-state index contributed by atoms with van der Waals surface area (Å²) in [5.74, 6) is -1.60. The zero-order chi connectivity index (χ0) is 21.8. The van der Waals surface area contributed by atoms with Gasteiger partial charge in [0.15, 0.2) is 11.2 Å². The van der Waals surface area contributed by atoms with Gasteiger partial charge in [-0.25, -0.2) is 14.8 Å². The molecule has 0 amide bonds. The van der Waals surface area contributed by atoms with Crippen molar-refractivity contribution in [1.82, 2.24) is 19.1 Å². The zero-order valence-corrected chi connectivity index (χ0v) is 16.5. The Labute approximate surface area is 170 Å². The Morgan fingerprint density at radius 3 is 2.67 bits per heavy atom. The number of hydrogen-bond donors (Lipinski definition) is 0. The molecule has 1 aliphatic rings. The van der Waals surface area contributed by atoms with Crippen LogP contribution in [0, 0.1) is 0 Å². The lowest BCUT2D eigenvalue weighted by molar-refractivity contribution is -0.155. The highest BCUT2D eigenvalue weighted by Crippen LogP contribution is 2.32. The predicted octanol–water partition coefficient (Wildman–Crippen LogP) is 0.0190. The molecule has 3 rings (SSSR count). The third-order valence-corrected chi connectivity index (χ3v) is 4.34. The SMILES string of the molecule is COC(=O)/C=C/n1cnc2c(ncn2[C@H]2C[C@H](OC(C)=O)[C@@H](COC(C)=O)O2)c1=O. The number of carbonyl (C=O) groups is 3. The third-order valence-electron chi connectivity index (χ3n) is 4.34. The van der Waals surface area contributed by atoms with Gasteiger partial charge in [-0.1, -0.05) is 0 Å². The van der Waals surface area contributed by atoms with Crippen LogP contribution in [0.1, 0.15) is 26.5 Å². The lowest BCUT2D eigenvalue weighted by Gasteiger charge is -2.17. The molecular formula is C18H20N4O8. The average molecular weight is 420 g/mol. The van der Waals surface area contributed by atoms with Gasteiger partial charge < -0.3 is 18.9 Å². The molecule has 12 heteroatoms. The minimum atomic E-state index is -0.677. The number of fused-ring (bicyclic) bond motifs is 1. The second-order valence-corrected chi connectivity index (χ2v) is 6.44. The summed E-state index contributed by atoms with van der Waals surface area (Å²) in [5.41, 5.74) is -0.185. The monoisotopic (exact) mass is 420 g/mol. The smallest absolute Gasteiger partial charge is 0.331 e. The predicted molar refractivity (Wildman–Crippen MR) is 99.8 cm³/mol. The van der Waals surface area contributed by atoms with Crippen molar-refractivity contribution < 1.29 is 33.3 Å². The molecule has 1 fully saturated rings. The molecule has 0 N–H and O–H groups in total. The van der Waals surface area contributed by atoms with Crippen molar-refractivity contribution in [2.75, 3.05) is 13.7 Å². The maximum atomic E-state index is 12.6. The lowest BCUT2D eigenvalue weighted by Crippen LogP contribution is -2.31. The van der Waals surface area contributed by atoms with Gasteiger partial charge in [0.05, 0.1) is 13.4 Å². The summed E-state index contributed by atoms with van der Waals surface area (Å²) in [5, 5.41) is 0. The number of nitrogens with zero attached hydrogens (tertiary/aromatic N) is 4. The minimum Gasteiger partial charge on any atom is -0.466 e. The molecule has 160 valence electrons. The molecule has 0 bridgehead atoms. The Morgan fingerprint density at radius 1 is 1.23 bits per heavy atom. The van der Waals surface area contributed by atoms with Gasteiger partial charge >= 0.3 is 17.9 Å². The van der Waals surface area contributed by atoms with Crippen molar-refractivity contribution in [3.8, 4) is 0 Å². The van der Waals surface area contributed by atoms with Gasteiger partial charge in [0.1, 0.15) is 31.4 Å². The van der Waals surface area contributed by atoms with E-state index in [-0.39, 0.29) is 24.2 Å². The highest BCUT2D eigenvalue weighted by atomic mass is 16.6. The first-order valence-corrected chi connectivity index (χ1v) is 8.96. The fourth-order valence-electron chi connectivity index (χ4n) is 3.01. The van der Waals surface area contributed by atoms with Crippen LogP contribution in [0.2, 0.25) is 0 Å². The number of imidazole rings is 1. The van der Waals surface area contributed by atoms with Crippen LogP contribution < -0.4 is 5.56 Å². The topological polar surface area (TPSA) is 141 Å². The summed E-state index contributed by atoms with van der Waals surface area (Å²) in [6.07, 6.45) is 3.20. The normalized spacial score (nSPS) is 21.1. The van der Waals surface area contributed by atoms with E-state index in [0.717, 1.165) is 10.6 Å². The van der Waals surface area contributed by atoms with E-state index in [9.17, 15) is 19.2 Å². The van der Waals surface area contributed by atoms with Crippen molar-refractivity contribution in [2.24, 2.45) is 0 Å². The van der Waals surface area contributed by atoms with Crippen LogP contribution in [0.5, 0.6) is 0 Å². The van der Waals surface area contributed by atoms with Gasteiger partial charge in [-0.05, 0) is 0 Å². The molecule has 0 spiro atoms. The van der Waals surface area contributed by atoms with Crippen LogP contribution in [0.3, 0.4) is 0 Å². The molecule has 0 radical (unpaired) electrons. The lowest BCUT2D eigenvalue weighted by atomic mass is 10.2. The Hall–Kier alpha value is -3.54. The van der Waals surface area contributed by atoms with Gasteiger partial charge in [-0.15, -0.1) is 0 Å². The minimum absolute atomic E-state index is 0.0584. The van der Waals surface area contributed by atoms with Gasteiger partial charge in [-0.3, -0.25) is 23.5 Å². The number of methoxy groups -OCH3 is 1. The molecule has 1 aliphatic heterocycles. The fourth-order valence-corrected chi connectivity index (χ4v) is 3.01. The molecule has 12 nitrogen and oxygen atoms in total. The van der Waals surface area contributed by atoms with Gasteiger partial charge in [0.2, 0.25) is 0 Å². The molecule has 30 heavy (non-hydrogen) atoms. The summed E-state index contributed by atoms with van der Waals surface area (Å²) < 4.78 is 23.3. The van der Waals surface area contributed by atoms with Crippen molar-refractivity contribution in [3.63, 3.8) is 0 Å². The Balaban J connectivity index is 1.87. The van der Waals surface area contributed by atoms with Crippen LogP contribution in [0.25, 0.3) is 17.4 Å². The maximum Gasteiger partial charge on any atom is 0.331 e. The van der Waals surface area contributed by atoms with Gasteiger partial charge in [0.25, 0.3) is 5.56 Å². The van der Waals surface area contributed by atoms with E-state index in [2.05, 4.69) is 14.7 Å². The van der Waals surface area contributed by atoms with E-state index < -0.39 is 41.9 Å². The number of ether oxygens (including phenoxy) is 4. The molecule has 0 aromatic carbocycles. The molecule has 0 saturated carbocycles. The van der Waals surface area contributed by atoms with E-state index >= 15 is 0 Å². The molecule has 3 heterocycles. The Bertz CT molecular complexity index is 1060. The number of carbonyl (C=O) groups excluding carboxylic acids is 3. The van der Waals surface area contributed by atoms with Crippen LogP contribution >= 0.6 is 0 Å². The van der Waals surface area contributed by atoms with E-state index in [0.29, 0.717) is 0 Å². The first kappa shape index (κ1) is 21.2. The van der Waals surface area contributed by atoms with E-state index in [1.807, 2.05) is 0 Å². The van der Waals surface area contributed by atoms with Gasteiger partial charge in [-0.2, -0.15) is 0 Å². The summed E-state index contributed by atoms with van der Waals surface area (Å²) in [4.78, 5) is 54.6. The number of rotatable bonds is 6. The molecule has 2 aromatic heterocycles. The number of esters is 3. The van der Waals surface area contributed by atoms with Crippen LogP contribution in [0.4, 0.5) is 0 Å². The summed E-state index contributed by atoms with van der Waals surface area (Å²) in [6, 6.07) is 0. The summed E-state index contributed by atoms with van der Waals surface area (Å²) in [6.45, 7) is 2.45. The molecule has 3 atom stereocenters. The molecule has 1 saturated heterocycles. The van der Waals surface area contributed by atoms with E-state index in [1.54, 1.807) is 0 Å². The quantitative estimate of drug-likeness (QED) is 0.357. The molecular weight excluding hydrogens is 400 g/mol. The van der Waals surface area contributed by atoms with Crippen molar-refractivity contribution >= 4 is 35.3 Å². The molecule has 2 aromatic rings. The fraction of sp³-hybridized carbons (Fsp3) is 0.444. The maximum absolute atomic E-state index is 12.6. The van der Waals surface area contributed by atoms with Crippen LogP contribution in [-0.4, -0.2) is 62.9 Å². The first-order valence-electron chi connectivity index (χ1n) is 8.96. The van der Waals surface area contributed by atoms with Crippen LogP contribution in [0.15, 0.2) is 23.5 Å². The van der Waals surface area contributed by atoms with E-state index in [4.69, 9.17) is 14.2 Å². The number of aromatic nitrogens is 4. The second-order valence-electron chi connectivity index (χ2n) is 6.44. The average Bonchev–Trinajstić information content (AvgIpc) is 3.29. The Morgan fingerprint density at radius 2 is 2.00 bits per heavy atom. The zero-order valence-electron chi connectivity index (χ0n) is 16.5. The standard InChI is InChI=1S/C18H20N4O8/c1-10(23)28-7-13-12(29-11(2)24)6-14(30-13)22-9-19-16-17(22)20-8-21(18(16)26)5-4-15(25)27-3/h4-5,8-9,12-14H,6-7H2,1-3H3/b5-4+/t12-,13+,14+/m0/s1. The van der Waals surface area contributed by atoms with E-state index in [1.165, 1.54) is 44.4 Å². The molecule has 0 unspecified atom stereocenters. The third kappa shape index (κ3) is 4.54. The highest BCUT2D eigenvalue weighted by Gasteiger charge is 2.40. The highest BCUT2D eigenvalue weighted by molar-refractivity contribution is 5.85. The second kappa shape index (κ2) is 8.86. The largest absolute Gasteiger partial charge is 0.466 e. The Kier molecular flexibility index (Phi) is 6.26. The van der Waals surface area contributed by atoms with Crippen molar-refractivity contribution in [2.45, 2.75) is 38.7 Å². The van der Waals surface area contributed by atoms with Crippen molar-refractivity contribution in [1.29, 1.82) is 0 Å². The number of hydrogen-bond acceptors (Lipinski definition) is 10. The first-order chi connectivity index (χ1) is 14.3. The summed E-state index contributed by atoms with van der Waals surface area (Å²) >= 11 is 0. The summed E-state index contributed by atoms with van der Waals surface area (Å²) in [7, 11) is 1.22. The molecule has 0 aliphatic carbocycles. The van der Waals surface area contributed by atoms with Gasteiger partial charge in [0, 0.05) is 32.5 Å².